The molecule has 3 fully saturated rings. The zero-order chi connectivity index (χ0) is 33.6. The third-order valence-corrected chi connectivity index (χ3v) is 10.5. The summed E-state index contributed by atoms with van der Waals surface area (Å²) in [6, 6.07) is 28.1. The van der Waals surface area contributed by atoms with Gasteiger partial charge in [0.2, 0.25) is 23.6 Å². The molecule has 252 valence electrons. The molecule has 4 amide bonds. The van der Waals surface area contributed by atoms with Gasteiger partial charge in [-0.05, 0) is 49.4 Å². The highest BCUT2D eigenvalue weighted by molar-refractivity contribution is 5.97. The summed E-state index contributed by atoms with van der Waals surface area (Å²) in [5.74, 6) is -0.935. The lowest BCUT2D eigenvalue weighted by molar-refractivity contribution is -0.156. The van der Waals surface area contributed by atoms with Crippen LogP contribution in [0.1, 0.15) is 61.6 Å². The normalized spacial score (nSPS) is 21.3. The third kappa shape index (κ3) is 7.16. The standard InChI is InChI=1S/C39H47N5O4/c1-27(40-2)37(46)41-36(31-21-13-6-14-22-31)39(48)43-26-35(45)44-33(23-28-15-7-3-8-16-28)38(47)42(25-34(43)44)24-32(29-17-9-4-10-18-29)30-19-11-5-12-20-30/h3-5,7-12,15-20,27,31-34,36,40H,6,13-14,21-26H2,1-2H3,(H,41,46)/t27-,33-,34+,36-/m0/s1. The van der Waals surface area contributed by atoms with E-state index in [1.54, 1.807) is 23.8 Å². The second-order valence-electron chi connectivity index (χ2n) is 13.5. The van der Waals surface area contributed by atoms with Gasteiger partial charge in [0.05, 0.1) is 12.6 Å². The Labute approximate surface area is 283 Å². The number of carbonyl (C=O) groups excluding carboxylic acids is 4. The van der Waals surface area contributed by atoms with Gasteiger partial charge in [0, 0.05) is 18.9 Å². The molecule has 2 aliphatic heterocycles. The van der Waals surface area contributed by atoms with Crippen LogP contribution in [0.5, 0.6) is 0 Å². The smallest absolute Gasteiger partial charge is 0.247 e. The van der Waals surface area contributed by atoms with Crippen LogP contribution in [0.2, 0.25) is 0 Å². The first kappa shape index (κ1) is 33.4. The van der Waals surface area contributed by atoms with Gasteiger partial charge in [-0.3, -0.25) is 19.2 Å². The molecule has 0 spiro atoms. The second-order valence-corrected chi connectivity index (χ2v) is 13.5. The summed E-state index contributed by atoms with van der Waals surface area (Å²) in [5, 5.41) is 6.04. The summed E-state index contributed by atoms with van der Waals surface area (Å²) in [6.07, 6.45) is 4.53. The van der Waals surface area contributed by atoms with Crippen molar-refractivity contribution in [3.63, 3.8) is 0 Å². The molecule has 3 aliphatic rings. The minimum atomic E-state index is -0.754. The summed E-state index contributed by atoms with van der Waals surface area (Å²) >= 11 is 0. The van der Waals surface area contributed by atoms with Gasteiger partial charge in [-0.15, -0.1) is 0 Å². The summed E-state index contributed by atoms with van der Waals surface area (Å²) in [7, 11) is 1.72. The molecule has 3 aromatic carbocycles. The van der Waals surface area contributed by atoms with Crippen LogP contribution < -0.4 is 10.6 Å². The lowest BCUT2D eigenvalue weighted by Crippen LogP contribution is -2.66. The van der Waals surface area contributed by atoms with Crippen LogP contribution in [-0.4, -0.2) is 89.3 Å². The molecule has 6 rings (SSSR count). The molecule has 4 atom stereocenters. The molecule has 0 bridgehead atoms. The molecular formula is C39H47N5O4. The van der Waals surface area contributed by atoms with Crippen molar-refractivity contribution in [2.45, 2.75) is 75.7 Å². The number of benzene rings is 3. The number of hydrogen-bond donors (Lipinski definition) is 2. The molecule has 2 heterocycles. The number of amides is 4. The second kappa shape index (κ2) is 15.2. The molecule has 0 radical (unpaired) electrons. The van der Waals surface area contributed by atoms with E-state index in [9.17, 15) is 19.2 Å². The van der Waals surface area contributed by atoms with Crippen LogP contribution in [0.4, 0.5) is 0 Å². The zero-order valence-electron chi connectivity index (χ0n) is 28.0. The van der Waals surface area contributed by atoms with Crippen LogP contribution in [-0.2, 0) is 25.6 Å². The van der Waals surface area contributed by atoms with Crippen molar-refractivity contribution in [2.75, 3.05) is 26.7 Å². The highest BCUT2D eigenvalue weighted by atomic mass is 16.2. The summed E-state index contributed by atoms with van der Waals surface area (Å²) < 4.78 is 0. The molecule has 48 heavy (non-hydrogen) atoms. The van der Waals surface area contributed by atoms with Crippen LogP contribution >= 0.6 is 0 Å². The van der Waals surface area contributed by atoms with Gasteiger partial charge >= 0.3 is 0 Å². The van der Waals surface area contributed by atoms with E-state index in [2.05, 4.69) is 34.9 Å². The summed E-state index contributed by atoms with van der Waals surface area (Å²) in [4.78, 5) is 61.3. The molecular weight excluding hydrogens is 602 g/mol. The van der Waals surface area contributed by atoms with E-state index in [0.717, 1.165) is 48.8 Å². The SMILES string of the molecule is CN[C@@H](C)C(=O)N[C@H](C(=O)N1CC(=O)N2[C@@H]1CN(CC(c1ccccc1)c1ccccc1)C(=O)[C@@H]2Cc1ccccc1)C1CCCCC1. The van der Waals surface area contributed by atoms with E-state index in [-0.39, 0.29) is 48.6 Å². The Balaban J connectivity index is 1.35. The number of carbonyl (C=O) groups is 4. The number of rotatable bonds is 11. The monoisotopic (exact) mass is 649 g/mol. The highest BCUT2D eigenvalue weighted by Crippen LogP contribution is 2.34. The van der Waals surface area contributed by atoms with E-state index in [1.165, 1.54) is 0 Å². The van der Waals surface area contributed by atoms with E-state index >= 15 is 0 Å². The topological polar surface area (TPSA) is 102 Å². The van der Waals surface area contributed by atoms with E-state index in [0.29, 0.717) is 13.0 Å². The quantitative estimate of drug-likeness (QED) is 0.328. The first-order chi connectivity index (χ1) is 23.4. The maximum atomic E-state index is 14.6. The Morgan fingerprint density at radius 3 is 2.00 bits per heavy atom. The van der Waals surface area contributed by atoms with Crippen molar-refractivity contribution in [3.05, 3.63) is 108 Å². The molecule has 9 nitrogen and oxygen atoms in total. The summed E-state index contributed by atoms with van der Waals surface area (Å²) in [5.41, 5.74) is 3.13. The lowest BCUT2D eigenvalue weighted by atomic mass is 9.83. The number of hydrogen-bond acceptors (Lipinski definition) is 5. The van der Waals surface area contributed by atoms with Gasteiger partial charge in [0.1, 0.15) is 24.8 Å². The molecule has 1 saturated carbocycles. The average Bonchev–Trinajstić information content (AvgIpc) is 3.47. The van der Waals surface area contributed by atoms with Gasteiger partial charge in [0.25, 0.3) is 0 Å². The molecule has 1 aliphatic carbocycles. The minimum absolute atomic E-state index is 0.00890. The Kier molecular flexibility index (Phi) is 10.5. The van der Waals surface area contributed by atoms with E-state index in [1.807, 2.05) is 71.6 Å². The van der Waals surface area contributed by atoms with Crippen molar-refractivity contribution >= 4 is 23.6 Å². The van der Waals surface area contributed by atoms with Crippen LogP contribution in [0.3, 0.4) is 0 Å². The fourth-order valence-corrected chi connectivity index (χ4v) is 7.68. The largest absolute Gasteiger partial charge is 0.343 e. The molecule has 9 heteroatoms. The maximum Gasteiger partial charge on any atom is 0.247 e. The molecule has 2 saturated heterocycles. The van der Waals surface area contributed by atoms with Crippen LogP contribution in [0.25, 0.3) is 0 Å². The Bertz CT molecular complexity index is 1520. The number of fused-ring (bicyclic) bond motifs is 1. The Morgan fingerprint density at radius 1 is 0.833 bits per heavy atom. The molecule has 3 aromatic rings. The number of nitrogens with zero attached hydrogens (tertiary/aromatic N) is 3. The van der Waals surface area contributed by atoms with Crippen molar-refractivity contribution in [1.29, 1.82) is 0 Å². The lowest BCUT2D eigenvalue weighted by Gasteiger charge is -2.46. The van der Waals surface area contributed by atoms with E-state index in [4.69, 9.17) is 0 Å². The van der Waals surface area contributed by atoms with Gasteiger partial charge in [-0.2, -0.15) is 0 Å². The van der Waals surface area contributed by atoms with Crippen molar-refractivity contribution in [2.24, 2.45) is 5.92 Å². The average molecular weight is 650 g/mol. The Hall–Kier alpha value is -4.50. The number of likely N-dealkylation sites (N-methyl/N-ethyl adjacent to an activating group) is 1. The first-order valence-corrected chi connectivity index (χ1v) is 17.4. The van der Waals surface area contributed by atoms with Crippen molar-refractivity contribution in [1.82, 2.24) is 25.3 Å². The first-order valence-electron chi connectivity index (χ1n) is 17.4. The predicted molar refractivity (Wildman–Crippen MR) is 185 cm³/mol. The van der Waals surface area contributed by atoms with Crippen molar-refractivity contribution < 1.29 is 19.2 Å². The number of piperazine rings is 1. The maximum absolute atomic E-state index is 14.6. The number of nitrogens with one attached hydrogen (secondary N) is 2. The minimum Gasteiger partial charge on any atom is -0.343 e. The fourth-order valence-electron chi connectivity index (χ4n) is 7.68. The van der Waals surface area contributed by atoms with Gasteiger partial charge in [0.15, 0.2) is 0 Å². The van der Waals surface area contributed by atoms with Crippen LogP contribution in [0, 0.1) is 5.92 Å². The molecule has 0 unspecified atom stereocenters. The van der Waals surface area contributed by atoms with Gasteiger partial charge in [-0.25, -0.2) is 0 Å². The predicted octanol–water partition coefficient (Wildman–Crippen LogP) is 3.94. The van der Waals surface area contributed by atoms with Crippen molar-refractivity contribution in [3.8, 4) is 0 Å². The zero-order valence-corrected chi connectivity index (χ0v) is 28.0. The highest BCUT2D eigenvalue weighted by Gasteiger charge is 2.53. The van der Waals surface area contributed by atoms with Gasteiger partial charge < -0.3 is 25.3 Å². The van der Waals surface area contributed by atoms with Gasteiger partial charge in [-0.1, -0.05) is 110 Å². The Morgan fingerprint density at radius 2 is 1.42 bits per heavy atom. The molecule has 0 aromatic heterocycles. The molecule has 2 N–H and O–H groups in total. The summed E-state index contributed by atoms with van der Waals surface area (Å²) in [6.45, 7) is 2.27. The van der Waals surface area contributed by atoms with Crippen LogP contribution in [0.15, 0.2) is 91.0 Å². The third-order valence-electron chi connectivity index (χ3n) is 10.5. The fraction of sp³-hybridized carbons (Fsp3) is 0.436. The van der Waals surface area contributed by atoms with E-state index < -0.39 is 24.3 Å².